The minimum atomic E-state index is -0.240. The number of carbonyl (C=O) groups excluding carboxylic acids is 1. The molecule has 1 aromatic carbocycles. The molecule has 26 heavy (non-hydrogen) atoms. The molecule has 0 fully saturated rings. The van der Waals surface area contributed by atoms with Crippen molar-refractivity contribution in [1.82, 2.24) is 20.4 Å². The van der Waals surface area contributed by atoms with Crippen LogP contribution >= 0.6 is 11.6 Å². The maximum absolute atomic E-state index is 12.7. The van der Waals surface area contributed by atoms with Crippen LogP contribution in [0.5, 0.6) is 0 Å². The average molecular weight is 379 g/mol. The number of ether oxygens (including phenoxy) is 1. The van der Waals surface area contributed by atoms with E-state index in [-0.39, 0.29) is 11.4 Å². The van der Waals surface area contributed by atoms with Crippen LogP contribution in [0.4, 0.5) is 0 Å². The second-order valence-corrected chi connectivity index (χ2v) is 7.39. The van der Waals surface area contributed by atoms with Crippen molar-refractivity contribution >= 4 is 17.5 Å². The maximum Gasteiger partial charge on any atom is 0.255 e. The van der Waals surface area contributed by atoms with Crippen molar-refractivity contribution in [2.45, 2.75) is 26.3 Å². The average Bonchev–Trinajstić information content (AvgIpc) is 3.04. The molecule has 1 aromatic heterocycles. The molecule has 0 unspecified atom stereocenters. The molecular formula is C19H27ClN4O2. The first-order valence-electron chi connectivity index (χ1n) is 8.67. The first kappa shape index (κ1) is 20.4. The zero-order valence-corrected chi connectivity index (χ0v) is 16.6. The van der Waals surface area contributed by atoms with Crippen LogP contribution in [-0.4, -0.2) is 49.0 Å². The summed E-state index contributed by atoms with van der Waals surface area (Å²) in [5.74, 6) is -0.163. The summed E-state index contributed by atoms with van der Waals surface area (Å²) in [6.45, 7) is 8.70. The van der Waals surface area contributed by atoms with Crippen LogP contribution in [0.2, 0.25) is 5.02 Å². The third-order valence-electron chi connectivity index (χ3n) is 3.85. The van der Waals surface area contributed by atoms with Crippen molar-refractivity contribution in [2.24, 2.45) is 0 Å². The lowest BCUT2D eigenvalue weighted by Crippen LogP contribution is -2.33. The molecule has 1 amide bonds. The highest BCUT2D eigenvalue weighted by Crippen LogP contribution is 2.30. The Morgan fingerprint density at radius 2 is 1.96 bits per heavy atom. The largest absolute Gasteiger partial charge is 0.383 e. The molecular weight excluding hydrogens is 352 g/mol. The standard InChI is InChI=1S/C19H27ClN4O2/c1-19(2,3)24-13-15(18(25)22-10-9-21-11-12-26-4)17(23-24)14-7-5-6-8-16(14)20/h5-8,13,21H,9-12H2,1-4H3,(H,22,25). The number of amides is 1. The summed E-state index contributed by atoms with van der Waals surface area (Å²) in [6, 6.07) is 7.42. The Hall–Kier alpha value is -1.89. The molecule has 0 aliphatic rings. The van der Waals surface area contributed by atoms with Gasteiger partial charge in [0, 0.05) is 38.5 Å². The predicted molar refractivity (Wildman–Crippen MR) is 105 cm³/mol. The van der Waals surface area contributed by atoms with Gasteiger partial charge in [0.05, 0.1) is 22.7 Å². The van der Waals surface area contributed by atoms with Gasteiger partial charge in [-0.15, -0.1) is 0 Å². The van der Waals surface area contributed by atoms with Crippen molar-refractivity contribution in [1.29, 1.82) is 0 Å². The monoisotopic (exact) mass is 378 g/mol. The lowest BCUT2D eigenvalue weighted by atomic mass is 10.1. The number of halogens is 1. The Labute approximate surface area is 159 Å². The minimum Gasteiger partial charge on any atom is -0.383 e. The summed E-state index contributed by atoms with van der Waals surface area (Å²) in [5, 5.41) is 11.3. The fourth-order valence-electron chi connectivity index (χ4n) is 2.39. The number of rotatable bonds is 8. The fourth-order valence-corrected chi connectivity index (χ4v) is 2.62. The highest BCUT2D eigenvalue weighted by Gasteiger charge is 2.23. The molecule has 2 aromatic rings. The number of nitrogens with zero attached hydrogens (tertiary/aromatic N) is 2. The normalized spacial score (nSPS) is 11.6. The number of methoxy groups -OCH3 is 1. The summed E-state index contributed by atoms with van der Waals surface area (Å²) in [6.07, 6.45) is 1.78. The van der Waals surface area contributed by atoms with Gasteiger partial charge >= 0.3 is 0 Å². The molecule has 0 radical (unpaired) electrons. The Morgan fingerprint density at radius 3 is 2.62 bits per heavy atom. The number of nitrogens with one attached hydrogen (secondary N) is 2. The second-order valence-electron chi connectivity index (χ2n) is 6.99. The van der Waals surface area contributed by atoms with E-state index in [1.807, 2.05) is 39.0 Å². The SMILES string of the molecule is COCCNCCNC(=O)c1cn(C(C)(C)C)nc1-c1ccccc1Cl. The molecule has 1 heterocycles. The molecule has 0 atom stereocenters. The number of aromatic nitrogens is 2. The van der Waals surface area contributed by atoms with Crippen LogP contribution in [0, 0.1) is 0 Å². The van der Waals surface area contributed by atoms with Crippen LogP contribution in [0.1, 0.15) is 31.1 Å². The van der Waals surface area contributed by atoms with Gasteiger partial charge in [-0.1, -0.05) is 29.8 Å². The number of carbonyl (C=O) groups is 1. The second kappa shape index (κ2) is 9.16. The third kappa shape index (κ3) is 5.30. The summed E-state index contributed by atoms with van der Waals surface area (Å²) < 4.78 is 6.78. The van der Waals surface area contributed by atoms with E-state index < -0.39 is 0 Å². The third-order valence-corrected chi connectivity index (χ3v) is 4.18. The molecule has 0 bridgehead atoms. The Kier molecular flexibility index (Phi) is 7.20. The van der Waals surface area contributed by atoms with Crippen LogP contribution in [0.25, 0.3) is 11.3 Å². The Morgan fingerprint density at radius 1 is 1.23 bits per heavy atom. The van der Waals surface area contributed by atoms with Gasteiger partial charge in [-0.2, -0.15) is 5.10 Å². The number of hydrogen-bond acceptors (Lipinski definition) is 4. The molecule has 0 aliphatic carbocycles. The summed E-state index contributed by atoms with van der Waals surface area (Å²) in [4.78, 5) is 12.7. The van der Waals surface area contributed by atoms with Gasteiger partial charge in [0.15, 0.2) is 0 Å². The number of benzene rings is 1. The van der Waals surface area contributed by atoms with Gasteiger partial charge < -0.3 is 15.4 Å². The molecule has 0 spiro atoms. The van der Waals surface area contributed by atoms with E-state index in [4.69, 9.17) is 16.3 Å². The van der Waals surface area contributed by atoms with E-state index in [1.165, 1.54) is 0 Å². The van der Waals surface area contributed by atoms with Crippen molar-refractivity contribution in [3.05, 3.63) is 41.0 Å². The van der Waals surface area contributed by atoms with Crippen LogP contribution < -0.4 is 10.6 Å². The molecule has 6 nitrogen and oxygen atoms in total. The zero-order valence-electron chi connectivity index (χ0n) is 15.8. The molecule has 142 valence electrons. The Bertz CT molecular complexity index is 737. The summed E-state index contributed by atoms with van der Waals surface area (Å²) in [7, 11) is 1.66. The van der Waals surface area contributed by atoms with E-state index in [2.05, 4.69) is 15.7 Å². The van der Waals surface area contributed by atoms with Crippen molar-refractivity contribution in [3.63, 3.8) is 0 Å². The first-order chi connectivity index (χ1) is 12.3. The minimum absolute atomic E-state index is 0.163. The smallest absolute Gasteiger partial charge is 0.255 e. The molecule has 0 saturated carbocycles. The van der Waals surface area contributed by atoms with Crippen LogP contribution in [-0.2, 0) is 10.3 Å². The molecule has 2 N–H and O–H groups in total. The van der Waals surface area contributed by atoms with Gasteiger partial charge in [0.2, 0.25) is 0 Å². The van der Waals surface area contributed by atoms with Gasteiger partial charge in [-0.05, 0) is 26.8 Å². The molecule has 7 heteroatoms. The highest BCUT2D eigenvalue weighted by atomic mass is 35.5. The summed E-state index contributed by atoms with van der Waals surface area (Å²) in [5.41, 5.74) is 1.62. The van der Waals surface area contributed by atoms with Crippen LogP contribution in [0.3, 0.4) is 0 Å². The quantitative estimate of drug-likeness (QED) is 0.693. The fraction of sp³-hybridized carbons (Fsp3) is 0.474. The zero-order chi connectivity index (χ0) is 19.2. The van der Waals surface area contributed by atoms with E-state index in [1.54, 1.807) is 24.1 Å². The van der Waals surface area contributed by atoms with E-state index >= 15 is 0 Å². The first-order valence-corrected chi connectivity index (χ1v) is 9.05. The Balaban J connectivity index is 2.19. The van der Waals surface area contributed by atoms with Crippen molar-refractivity contribution in [2.75, 3.05) is 33.4 Å². The summed E-state index contributed by atoms with van der Waals surface area (Å²) >= 11 is 6.33. The molecule has 0 saturated heterocycles. The van der Waals surface area contributed by atoms with E-state index in [0.29, 0.717) is 36.0 Å². The molecule has 0 aliphatic heterocycles. The number of hydrogen-bond donors (Lipinski definition) is 2. The molecule has 2 rings (SSSR count). The van der Waals surface area contributed by atoms with E-state index in [9.17, 15) is 4.79 Å². The predicted octanol–water partition coefficient (Wildman–Crippen LogP) is 2.92. The van der Waals surface area contributed by atoms with Gasteiger partial charge in [-0.3, -0.25) is 9.48 Å². The van der Waals surface area contributed by atoms with Gasteiger partial charge in [0.25, 0.3) is 5.91 Å². The van der Waals surface area contributed by atoms with E-state index in [0.717, 1.165) is 12.1 Å². The van der Waals surface area contributed by atoms with Crippen molar-refractivity contribution in [3.8, 4) is 11.3 Å². The highest BCUT2D eigenvalue weighted by molar-refractivity contribution is 6.33. The maximum atomic E-state index is 12.7. The lowest BCUT2D eigenvalue weighted by Gasteiger charge is -2.18. The lowest BCUT2D eigenvalue weighted by molar-refractivity contribution is 0.0954. The topological polar surface area (TPSA) is 68.2 Å². The van der Waals surface area contributed by atoms with Crippen molar-refractivity contribution < 1.29 is 9.53 Å². The van der Waals surface area contributed by atoms with Gasteiger partial charge in [-0.25, -0.2) is 0 Å². The van der Waals surface area contributed by atoms with Crippen LogP contribution in [0.15, 0.2) is 30.5 Å². The van der Waals surface area contributed by atoms with Gasteiger partial charge in [0.1, 0.15) is 5.69 Å².